The maximum Gasteiger partial charge on any atom is 0.130 e. The van der Waals surface area contributed by atoms with Crippen LogP contribution in [0.1, 0.15) is 19.3 Å². The molecule has 0 spiro atoms. The monoisotopic (exact) mass is 266 g/mol. The minimum absolute atomic E-state index is 0.384. The van der Waals surface area contributed by atoms with E-state index >= 15 is 0 Å². The molecule has 20 heavy (non-hydrogen) atoms. The average Bonchev–Trinajstić information content (AvgIpc) is 3.36. The third kappa shape index (κ3) is 2.64. The standard InChI is InChI=1S/C16H14N2O2/c1-2-11(1)19-13-5-7-17-15(9-13)16-10-14(6-8-18-16)20-12-3-4-12/h1,5-10,12H,2-4H2. The van der Waals surface area contributed by atoms with Crippen molar-refractivity contribution in [1.82, 2.24) is 9.97 Å². The van der Waals surface area contributed by atoms with Crippen LogP contribution in [0.4, 0.5) is 0 Å². The molecule has 1 fully saturated rings. The number of allylic oxidation sites excluding steroid dienone is 2. The highest BCUT2D eigenvalue weighted by molar-refractivity contribution is 5.58. The normalized spacial score (nSPS) is 16.5. The van der Waals surface area contributed by atoms with E-state index in [4.69, 9.17) is 9.47 Å². The third-order valence-corrected chi connectivity index (χ3v) is 3.17. The van der Waals surface area contributed by atoms with Gasteiger partial charge < -0.3 is 9.47 Å². The van der Waals surface area contributed by atoms with E-state index in [2.05, 4.69) is 9.97 Å². The van der Waals surface area contributed by atoms with Crippen molar-refractivity contribution in [3.63, 3.8) is 0 Å². The Morgan fingerprint density at radius 2 is 1.60 bits per heavy atom. The van der Waals surface area contributed by atoms with Gasteiger partial charge in [-0.25, -0.2) is 0 Å². The first kappa shape index (κ1) is 11.5. The summed E-state index contributed by atoms with van der Waals surface area (Å²) in [5, 5.41) is 0. The Bertz CT molecular complexity index is 678. The minimum Gasteiger partial charge on any atom is -0.490 e. The molecule has 2 heterocycles. The summed E-state index contributed by atoms with van der Waals surface area (Å²) >= 11 is 0. The quantitative estimate of drug-likeness (QED) is 0.832. The highest BCUT2D eigenvalue weighted by Crippen LogP contribution is 2.30. The van der Waals surface area contributed by atoms with Crippen LogP contribution in [0.25, 0.3) is 11.4 Å². The second kappa shape index (κ2) is 4.63. The van der Waals surface area contributed by atoms with Gasteiger partial charge in [0.15, 0.2) is 0 Å². The largest absolute Gasteiger partial charge is 0.490 e. The lowest BCUT2D eigenvalue weighted by Gasteiger charge is -2.07. The van der Waals surface area contributed by atoms with Crippen molar-refractivity contribution in [3.05, 3.63) is 48.5 Å². The van der Waals surface area contributed by atoms with Crippen molar-refractivity contribution in [2.75, 3.05) is 0 Å². The zero-order chi connectivity index (χ0) is 13.4. The Balaban J connectivity index is 1.60. The summed E-state index contributed by atoms with van der Waals surface area (Å²) in [5.74, 6) is 2.67. The average molecular weight is 266 g/mol. The highest BCUT2D eigenvalue weighted by Gasteiger charge is 2.23. The minimum atomic E-state index is 0.384. The van der Waals surface area contributed by atoms with E-state index in [0.717, 1.165) is 47.9 Å². The van der Waals surface area contributed by atoms with E-state index in [0.29, 0.717) is 6.10 Å². The fourth-order valence-corrected chi connectivity index (χ4v) is 1.89. The molecule has 2 aromatic heterocycles. The molecule has 0 atom stereocenters. The fraction of sp³-hybridized carbons (Fsp3) is 0.250. The Kier molecular flexibility index (Phi) is 2.66. The predicted molar refractivity (Wildman–Crippen MR) is 74.4 cm³/mol. The number of hydrogen-bond acceptors (Lipinski definition) is 4. The van der Waals surface area contributed by atoms with Gasteiger partial charge in [0.1, 0.15) is 17.3 Å². The van der Waals surface area contributed by atoms with Gasteiger partial charge in [0.05, 0.1) is 17.5 Å². The summed E-state index contributed by atoms with van der Waals surface area (Å²) in [6, 6.07) is 7.58. The Morgan fingerprint density at radius 3 is 2.25 bits per heavy atom. The molecule has 4 nitrogen and oxygen atoms in total. The second-order valence-corrected chi connectivity index (χ2v) is 5.05. The molecule has 4 rings (SSSR count). The number of hydrogen-bond donors (Lipinski definition) is 0. The second-order valence-electron chi connectivity index (χ2n) is 5.05. The fourth-order valence-electron chi connectivity index (χ4n) is 1.89. The van der Waals surface area contributed by atoms with Crippen molar-refractivity contribution < 1.29 is 9.47 Å². The van der Waals surface area contributed by atoms with Crippen molar-refractivity contribution in [2.24, 2.45) is 0 Å². The number of aromatic nitrogens is 2. The van der Waals surface area contributed by atoms with Gasteiger partial charge in [0, 0.05) is 30.9 Å². The van der Waals surface area contributed by atoms with Crippen molar-refractivity contribution in [1.29, 1.82) is 0 Å². The van der Waals surface area contributed by atoms with E-state index in [1.54, 1.807) is 12.4 Å². The summed E-state index contributed by atoms with van der Waals surface area (Å²) in [7, 11) is 0. The lowest BCUT2D eigenvalue weighted by Crippen LogP contribution is -1.97. The highest BCUT2D eigenvalue weighted by atomic mass is 16.5. The van der Waals surface area contributed by atoms with Gasteiger partial charge in [-0.15, -0.1) is 0 Å². The summed E-state index contributed by atoms with van der Waals surface area (Å²) in [6.45, 7) is 0. The van der Waals surface area contributed by atoms with E-state index < -0.39 is 0 Å². The molecular weight excluding hydrogens is 252 g/mol. The smallest absolute Gasteiger partial charge is 0.130 e. The van der Waals surface area contributed by atoms with Crippen LogP contribution < -0.4 is 9.47 Å². The zero-order valence-electron chi connectivity index (χ0n) is 11.0. The molecule has 4 heteroatoms. The van der Waals surface area contributed by atoms with Crippen LogP contribution in [-0.4, -0.2) is 16.1 Å². The molecule has 0 aliphatic heterocycles. The van der Waals surface area contributed by atoms with E-state index in [1.807, 2.05) is 30.3 Å². The summed E-state index contributed by atoms with van der Waals surface area (Å²) in [6.07, 6.45) is 9.16. The van der Waals surface area contributed by atoms with Gasteiger partial charge in [-0.1, -0.05) is 0 Å². The van der Waals surface area contributed by atoms with Crippen LogP contribution >= 0.6 is 0 Å². The molecule has 1 saturated carbocycles. The zero-order valence-corrected chi connectivity index (χ0v) is 11.0. The first-order valence-electron chi connectivity index (χ1n) is 6.83. The topological polar surface area (TPSA) is 44.2 Å². The summed E-state index contributed by atoms with van der Waals surface area (Å²) in [5.41, 5.74) is 1.60. The van der Waals surface area contributed by atoms with Crippen LogP contribution in [0.5, 0.6) is 11.5 Å². The van der Waals surface area contributed by atoms with Gasteiger partial charge in [-0.05, 0) is 31.1 Å². The molecule has 2 aromatic rings. The molecule has 0 radical (unpaired) electrons. The molecule has 0 aromatic carbocycles. The lowest BCUT2D eigenvalue weighted by atomic mass is 10.2. The number of ether oxygens (including phenoxy) is 2. The molecule has 100 valence electrons. The molecule has 0 amide bonds. The summed E-state index contributed by atoms with van der Waals surface area (Å²) in [4.78, 5) is 8.72. The van der Waals surface area contributed by atoms with Gasteiger partial charge in [-0.2, -0.15) is 0 Å². The van der Waals surface area contributed by atoms with Crippen molar-refractivity contribution in [3.8, 4) is 22.9 Å². The Hall–Kier alpha value is -2.36. The molecule has 2 aliphatic rings. The number of nitrogens with zero attached hydrogens (tertiary/aromatic N) is 2. The molecule has 0 unspecified atom stereocenters. The first-order chi connectivity index (χ1) is 9.87. The van der Waals surface area contributed by atoms with Crippen LogP contribution in [0.15, 0.2) is 48.5 Å². The number of pyridine rings is 2. The predicted octanol–water partition coefficient (Wildman–Crippen LogP) is 3.35. The molecule has 0 saturated heterocycles. The molecule has 0 N–H and O–H groups in total. The third-order valence-electron chi connectivity index (χ3n) is 3.17. The van der Waals surface area contributed by atoms with Crippen LogP contribution in [0, 0.1) is 0 Å². The summed E-state index contributed by atoms with van der Waals surface area (Å²) < 4.78 is 11.4. The van der Waals surface area contributed by atoms with E-state index in [-0.39, 0.29) is 0 Å². The van der Waals surface area contributed by atoms with Crippen LogP contribution in [0.2, 0.25) is 0 Å². The maximum atomic E-state index is 5.78. The van der Waals surface area contributed by atoms with Crippen LogP contribution in [-0.2, 0) is 0 Å². The Morgan fingerprint density at radius 1 is 0.950 bits per heavy atom. The van der Waals surface area contributed by atoms with Gasteiger partial charge in [0.2, 0.25) is 0 Å². The maximum absolute atomic E-state index is 5.78. The molecule has 2 aliphatic carbocycles. The molecule has 0 bridgehead atoms. The number of rotatable bonds is 5. The van der Waals surface area contributed by atoms with Gasteiger partial charge in [-0.3, -0.25) is 9.97 Å². The van der Waals surface area contributed by atoms with Crippen LogP contribution in [0.3, 0.4) is 0 Å². The Labute approximate surface area is 117 Å². The first-order valence-corrected chi connectivity index (χ1v) is 6.83. The van der Waals surface area contributed by atoms with Gasteiger partial charge in [0.25, 0.3) is 0 Å². The van der Waals surface area contributed by atoms with E-state index in [1.165, 1.54) is 0 Å². The SMILES string of the molecule is C1=C(Oc2ccnc(-c3cc(OC4CC4)ccn3)c2)C1. The van der Waals surface area contributed by atoms with Crippen molar-refractivity contribution in [2.45, 2.75) is 25.4 Å². The van der Waals surface area contributed by atoms with Gasteiger partial charge >= 0.3 is 0 Å². The van der Waals surface area contributed by atoms with Crippen molar-refractivity contribution >= 4 is 0 Å². The van der Waals surface area contributed by atoms with E-state index in [9.17, 15) is 0 Å². The molecular formula is C16H14N2O2. The lowest BCUT2D eigenvalue weighted by molar-refractivity contribution is 0.303.